The second-order valence-corrected chi connectivity index (χ2v) is 8.17. The summed E-state index contributed by atoms with van der Waals surface area (Å²) >= 11 is 0. The molecule has 0 radical (unpaired) electrons. The van der Waals surface area contributed by atoms with Crippen LogP contribution in [0.5, 0.6) is 0 Å². The average molecular weight is 311 g/mol. The molecule has 0 atom stereocenters. The predicted octanol–water partition coefficient (Wildman–Crippen LogP) is 2.37. The van der Waals surface area contributed by atoms with Crippen LogP contribution in [-0.4, -0.2) is 36.9 Å². The van der Waals surface area contributed by atoms with Crippen LogP contribution >= 0.6 is 0 Å². The number of hydrogen-bond donors (Lipinski definition) is 1. The Kier molecular flexibility index (Phi) is 4.13. The van der Waals surface area contributed by atoms with Crippen molar-refractivity contribution >= 4 is 16.0 Å². The van der Waals surface area contributed by atoms with Gasteiger partial charge in [-0.05, 0) is 36.0 Å². The first-order valence-corrected chi connectivity index (χ1v) is 8.48. The number of carboxylic acid groups (broad SMARTS) is 1. The zero-order valence-corrected chi connectivity index (χ0v) is 13.4. The van der Waals surface area contributed by atoms with E-state index < -0.39 is 16.0 Å². The number of rotatable bonds is 4. The highest BCUT2D eigenvalue weighted by atomic mass is 32.2. The van der Waals surface area contributed by atoms with E-state index in [0.717, 1.165) is 6.42 Å². The van der Waals surface area contributed by atoms with Gasteiger partial charge in [-0.3, -0.25) is 0 Å². The van der Waals surface area contributed by atoms with Crippen molar-refractivity contribution in [3.63, 3.8) is 0 Å². The van der Waals surface area contributed by atoms with Crippen molar-refractivity contribution < 1.29 is 18.3 Å². The summed E-state index contributed by atoms with van der Waals surface area (Å²) in [4.78, 5) is 11.3. The highest BCUT2D eigenvalue weighted by Gasteiger charge is 2.37. The van der Waals surface area contributed by atoms with Crippen LogP contribution in [0, 0.1) is 5.41 Å². The summed E-state index contributed by atoms with van der Waals surface area (Å²) in [5.41, 5.74) is 0.673. The second-order valence-electron chi connectivity index (χ2n) is 6.23. The molecule has 0 amide bonds. The zero-order chi connectivity index (χ0) is 15.8. The van der Waals surface area contributed by atoms with E-state index in [1.807, 2.05) is 20.8 Å². The minimum atomic E-state index is -3.62. The molecule has 1 aliphatic rings. The molecule has 1 aromatic rings. The van der Waals surface area contributed by atoms with Gasteiger partial charge in [-0.15, -0.1) is 0 Å². The zero-order valence-electron chi connectivity index (χ0n) is 12.6. The SMILES string of the molecule is CCc1ccc(S(=O)(=O)N2CCC(C)(C)C2)cc1C(=O)O. The van der Waals surface area contributed by atoms with E-state index in [-0.39, 0.29) is 15.9 Å². The molecule has 1 fully saturated rings. The van der Waals surface area contributed by atoms with Crippen molar-refractivity contribution in [2.75, 3.05) is 13.1 Å². The number of aromatic carboxylic acids is 1. The van der Waals surface area contributed by atoms with E-state index >= 15 is 0 Å². The van der Waals surface area contributed by atoms with Crippen molar-refractivity contribution in [1.82, 2.24) is 4.31 Å². The first-order chi connectivity index (χ1) is 9.67. The summed E-state index contributed by atoms with van der Waals surface area (Å²) in [5.74, 6) is -1.09. The van der Waals surface area contributed by atoms with Gasteiger partial charge in [0.1, 0.15) is 0 Å². The summed E-state index contributed by atoms with van der Waals surface area (Å²) in [5, 5.41) is 9.23. The van der Waals surface area contributed by atoms with Crippen LogP contribution in [0.25, 0.3) is 0 Å². The lowest BCUT2D eigenvalue weighted by Gasteiger charge is -2.20. The van der Waals surface area contributed by atoms with Gasteiger partial charge in [-0.2, -0.15) is 4.31 Å². The van der Waals surface area contributed by atoms with E-state index in [1.165, 1.54) is 16.4 Å². The molecule has 5 nitrogen and oxygen atoms in total. The largest absolute Gasteiger partial charge is 0.478 e. The van der Waals surface area contributed by atoms with Crippen molar-refractivity contribution in [3.05, 3.63) is 29.3 Å². The number of hydrogen-bond acceptors (Lipinski definition) is 3. The molecule has 1 aliphatic heterocycles. The number of sulfonamides is 1. The Hall–Kier alpha value is -1.40. The standard InChI is InChI=1S/C15H21NO4S/c1-4-11-5-6-12(9-13(11)14(17)18)21(19,20)16-8-7-15(2,3)10-16/h5-6,9H,4,7-8,10H2,1-3H3,(H,17,18). The quantitative estimate of drug-likeness (QED) is 0.926. The van der Waals surface area contributed by atoms with Crippen LogP contribution in [0.2, 0.25) is 0 Å². The maximum absolute atomic E-state index is 12.6. The minimum absolute atomic E-state index is 0.0357. The fourth-order valence-corrected chi connectivity index (χ4v) is 4.30. The predicted molar refractivity (Wildman–Crippen MR) is 79.9 cm³/mol. The Morgan fingerprint density at radius 2 is 2.05 bits per heavy atom. The normalized spacial score (nSPS) is 18.8. The Morgan fingerprint density at radius 1 is 1.38 bits per heavy atom. The van der Waals surface area contributed by atoms with Crippen molar-refractivity contribution in [2.45, 2.75) is 38.5 Å². The monoisotopic (exact) mass is 311 g/mol. The summed E-state index contributed by atoms with van der Waals surface area (Å²) < 4.78 is 26.7. The third kappa shape index (κ3) is 3.11. The van der Waals surface area contributed by atoms with Gasteiger partial charge in [0.2, 0.25) is 10.0 Å². The number of benzene rings is 1. The van der Waals surface area contributed by atoms with Crippen LogP contribution in [0.4, 0.5) is 0 Å². The molecule has 1 heterocycles. The molecule has 0 unspecified atom stereocenters. The minimum Gasteiger partial charge on any atom is -0.478 e. The van der Waals surface area contributed by atoms with Crippen molar-refractivity contribution in [3.8, 4) is 0 Å². The first-order valence-electron chi connectivity index (χ1n) is 7.04. The summed E-state index contributed by atoms with van der Waals surface area (Å²) in [6.45, 7) is 6.86. The van der Waals surface area contributed by atoms with Crippen molar-refractivity contribution in [1.29, 1.82) is 0 Å². The highest BCUT2D eigenvalue weighted by Crippen LogP contribution is 2.33. The molecule has 0 spiro atoms. The Balaban J connectivity index is 2.42. The molecule has 1 saturated heterocycles. The van der Waals surface area contributed by atoms with Crippen molar-refractivity contribution in [2.24, 2.45) is 5.41 Å². The fraction of sp³-hybridized carbons (Fsp3) is 0.533. The molecule has 6 heteroatoms. The Morgan fingerprint density at radius 3 is 2.52 bits per heavy atom. The van der Waals surface area contributed by atoms with Gasteiger partial charge in [-0.1, -0.05) is 26.8 Å². The molecule has 2 rings (SSSR count). The lowest BCUT2D eigenvalue weighted by molar-refractivity contribution is 0.0695. The molecule has 0 saturated carbocycles. The molecule has 0 aliphatic carbocycles. The summed E-state index contributed by atoms with van der Waals surface area (Å²) in [7, 11) is -3.62. The lowest BCUT2D eigenvalue weighted by atomic mass is 9.93. The highest BCUT2D eigenvalue weighted by molar-refractivity contribution is 7.89. The molecule has 116 valence electrons. The molecular weight excluding hydrogens is 290 g/mol. The van der Waals surface area contributed by atoms with E-state index in [9.17, 15) is 18.3 Å². The van der Waals surface area contributed by atoms with E-state index in [2.05, 4.69) is 0 Å². The maximum Gasteiger partial charge on any atom is 0.336 e. The van der Waals surface area contributed by atoms with Crippen LogP contribution in [-0.2, 0) is 16.4 Å². The molecule has 0 aromatic heterocycles. The first kappa shape index (κ1) is 16.0. The lowest BCUT2D eigenvalue weighted by Crippen LogP contribution is -2.30. The molecular formula is C15H21NO4S. The topological polar surface area (TPSA) is 74.7 Å². The third-order valence-corrected chi connectivity index (χ3v) is 5.81. The molecule has 1 aromatic carbocycles. The van der Waals surface area contributed by atoms with Gasteiger partial charge in [0.05, 0.1) is 10.5 Å². The van der Waals surface area contributed by atoms with Gasteiger partial charge in [-0.25, -0.2) is 13.2 Å². The number of carboxylic acids is 1. The van der Waals surface area contributed by atoms with Gasteiger partial charge in [0.15, 0.2) is 0 Å². The van der Waals surface area contributed by atoms with Crippen LogP contribution in [0.1, 0.15) is 43.1 Å². The van der Waals surface area contributed by atoms with Crippen LogP contribution in [0.15, 0.2) is 23.1 Å². The molecule has 0 bridgehead atoms. The second kappa shape index (κ2) is 5.42. The van der Waals surface area contributed by atoms with E-state index in [0.29, 0.717) is 25.1 Å². The number of aryl methyl sites for hydroxylation is 1. The fourth-order valence-electron chi connectivity index (χ4n) is 2.64. The van der Waals surface area contributed by atoms with Crippen LogP contribution < -0.4 is 0 Å². The third-order valence-electron chi connectivity index (χ3n) is 3.97. The number of carbonyl (C=O) groups is 1. The Labute approximate surface area is 125 Å². The Bertz CT molecular complexity index is 664. The summed E-state index contributed by atoms with van der Waals surface area (Å²) in [6, 6.07) is 4.38. The molecule has 1 N–H and O–H groups in total. The maximum atomic E-state index is 12.6. The number of nitrogens with zero attached hydrogens (tertiary/aromatic N) is 1. The van der Waals surface area contributed by atoms with Gasteiger partial charge in [0, 0.05) is 13.1 Å². The van der Waals surface area contributed by atoms with E-state index in [4.69, 9.17) is 0 Å². The smallest absolute Gasteiger partial charge is 0.336 e. The van der Waals surface area contributed by atoms with Gasteiger partial charge in [0.25, 0.3) is 0 Å². The van der Waals surface area contributed by atoms with Gasteiger partial charge >= 0.3 is 5.97 Å². The van der Waals surface area contributed by atoms with E-state index in [1.54, 1.807) is 6.07 Å². The molecule has 21 heavy (non-hydrogen) atoms. The average Bonchev–Trinajstić information content (AvgIpc) is 2.78. The van der Waals surface area contributed by atoms with Gasteiger partial charge < -0.3 is 5.11 Å². The summed E-state index contributed by atoms with van der Waals surface area (Å²) in [6.07, 6.45) is 1.36. The van der Waals surface area contributed by atoms with Crippen LogP contribution in [0.3, 0.4) is 0 Å².